The lowest BCUT2D eigenvalue weighted by atomic mass is 9.98. The van der Waals surface area contributed by atoms with Gasteiger partial charge in [-0.25, -0.2) is 9.97 Å². The van der Waals surface area contributed by atoms with E-state index in [1.54, 1.807) is 6.92 Å². The highest BCUT2D eigenvalue weighted by molar-refractivity contribution is 5.92. The van der Waals surface area contributed by atoms with Crippen molar-refractivity contribution in [1.29, 1.82) is 0 Å². The van der Waals surface area contributed by atoms with Gasteiger partial charge < -0.3 is 5.11 Å². The molecule has 0 aliphatic heterocycles. The molecule has 4 heteroatoms. The average Bonchev–Trinajstić information content (AvgIpc) is 3.09. The van der Waals surface area contributed by atoms with Crippen molar-refractivity contribution in [3.63, 3.8) is 0 Å². The minimum atomic E-state index is -0.777. The number of nitrogens with zero attached hydrogens (tertiary/aromatic N) is 2. The fourth-order valence-corrected chi connectivity index (χ4v) is 2.23. The maximum absolute atomic E-state index is 11.4. The van der Waals surface area contributed by atoms with Gasteiger partial charge in [-0.2, -0.15) is 0 Å². The molecule has 3 rings (SSSR count). The van der Waals surface area contributed by atoms with Crippen LogP contribution in [0, 0.1) is 6.92 Å². The summed E-state index contributed by atoms with van der Waals surface area (Å²) in [6, 6.07) is 7.58. The standard InChI is InChI=1S/C13H12N2O2/c1-8-14-10-5-3-2-4-9(10)11(15-8)13(6-7-13)12(16)17/h2-5H,6-7H2,1H3,(H,16,17). The van der Waals surface area contributed by atoms with Gasteiger partial charge in [0.1, 0.15) is 11.2 Å². The van der Waals surface area contributed by atoms with E-state index in [9.17, 15) is 9.90 Å². The third-order valence-corrected chi connectivity index (χ3v) is 3.33. The lowest BCUT2D eigenvalue weighted by molar-refractivity contribution is -0.140. The van der Waals surface area contributed by atoms with E-state index in [0.717, 1.165) is 10.9 Å². The molecular formula is C13H12N2O2. The first kappa shape index (κ1) is 10.2. The van der Waals surface area contributed by atoms with Gasteiger partial charge in [0.05, 0.1) is 11.2 Å². The van der Waals surface area contributed by atoms with Crippen LogP contribution in [0.3, 0.4) is 0 Å². The number of hydrogen-bond donors (Lipinski definition) is 1. The van der Waals surface area contributed by atoms with Crippen LogP contribution < -0.4 is 0 Å². The summed E-state index contributed by atoms with van der Waals surface area (Å²) in [6.45, 7) is 1.80. The number of aryl methyl sites for hydroxylation is 1. The van der Waals surface area contributed by atoms with E-state index in [2.05, 4.69) is 9.97 Å². The monoisotopic (exact) mass is 228 g/mol. The molecule has 0 bridgehead atoms. The first-order chi connectivity index (χ1) is 8.13. The summed E-state index contributed by atoms with van der Waals surface area (Å²) in [6.07, 6.45) is 1.34. The smallest absolute Gasteiger partial charge is 0.315 e. The van der Waals surface area contributed by atoms with Gasteiger partial charge in [0, 0.05) is 5.39 Å². The average molecular weight is 228 g/mol. The Bertz CT molecular complexity index is 618. The molecule has 1 fully saturated rings. The fourth-order valence-electron chi connectivity index (χ4n) is 2.23. The number of benzene rings is 1. The molecule has 0 spiro atoms. The molecule has 17 heavy (non-hydrogen) atoms. The second kappa shape index (κ2) is 3.26. The van der Waals surface area contributed by atoms with Crippen molar-refractivity contribution in [2.24, 2.45) is 0 Å². The number of carboxylic acid groups (broad SMARTS) is 1. The Morgan fingerprint density at radius 2 is 2.00 bits per heavy atom. The summed E-state index contributed by atoms with van der Waals surface area (Å²) in [5.41, 5.74) is 0.725. The zero-order valence-electron chi connectivity index (χ0n) is 9.47. The molecule has 2 aromatic rings. The van der Waals surface area contributed by atoms with Gasteiger partial charge in [-0.3, -0.25) is 4.79 Å². The van der Waals surface area contributed by atoms with Gasteiger partial charge in [0.25, 0.3) is 0 Å². The van der Waals surface area contributed by atoms with Crippen LogP contribution in [0.15, 0.2) is 24.3 Å². The van der Waals surface area contributed by atoms with E-state index in [1.165, 1.54) is 0 Å². The molecule has 1 aromatic heterocycles. The topological polar surface area (TPSA) is 63.1 Å². The lowest BCUT2D eigenvalue weighted by Gasteiger charge is -2.12. The normalized spacial score (nSPS) is 17.0. The summed E-state index contributed by atoms with van der Waals surface area (Å²) >= 11 is 0. The summed E-state index contributed by atoms with van der Waals surface area (Å²) < 4.78 is 0. The van der Waals surface area contributed by atoms with E-state index < -0.39 is 11.4 Å². The maximum Gasteiger partial charge on any atom is 0.315 e. The second-order valence-electron chi connectivity index (χ2n) is 4.52. The number of fused-ring (bicyclic) bond motifs is 1. The van der Waals surface area contributed by atoms with Crippen LogP contribution in [-0.2, 0) is 10.2 Å². The Hall–Kier alpha value is -1.97. The Labute approximate surface area is 98.3 Å². The molecule has 86 valence electrons. The van der Waals surface area contributed by atoms with Crippen LogP contribution in [-0.4, -0.2) is 21.0 Å². The van der Waals surface area contributed by atoms with Crippen molar-refractivity contribution < 1.29 is 9.90 Å². The third-order valence-electron chi connectivity index (χ3n) is 3.33. The lowest BCUT2D eigenvalue weighted by Crippen LogP contribution is -2.22. The quantitative estimate of drug-likeness (QED) is 0.854. The molecule has 1 heterocycles. The SMILES string of the molecule is Cc1nc(C2(C(=O)O)CC2)c2ccccc2n1. The van der Waals surface area contributed by atoms with Crippen molar-refractivity contribution in [2.45, 2.75) is 25.2 Å². The number of aliphatic carboxylic acids is 1. The highest BCUT2D eigenvalue weighted by atomic mass is 16.4. The predicted octanol–water partition coefficient (Wildman–Crippen LogP) is 2.05. The largest absolute Gasteiger partial charge is 0.481 e. The van der Waals surface area contributed by atoms with Gasteiger partial charge in [-0.15, -0.1) is 0 Å². The predicted molar refractivity (Wildman–Crippen MR) is 62.8 cm³/mol. The Morgan fingerprint density at radius 3 is 2.65 bits per heavy atom. The summed E-state index contributed by atoms with van der Waals surface area (Å²) in [5, 5.41) is 10.2. The van der Waals surface area contributed by atoms with E-state index >= 15 is 0 Å². The van der Waals surface area contributed by atoms with Crippen molar-refractivity contribution in [1.82, 2.24) is 9.97 Å². The van der Waals surface area contributed by atoms with Gasteiger partial charge in [0.15, 0.2) is 0 Å². The number of rotatable bonds is 2. The van der Waals surface area contributed by atoms with Crippen LogP contribution in [0.25, 0.3) is 10.9 Å². The van der Waals surface area contributed by atoms with Crippen LogP contribution in [0.1, 0.15) is 24.4 Å². The Kier molecular flexibility index (Phi) is 1.96. The van der Waals surface area contributed by atoms with Gasteiger partial charge in [-0.05, 0) is 25.8 Å². The van der Waals surface area contributed by atoms with Crippen LogP contribution in [0.2, 0.25) is 0 Å². The van der Waals surface area contributed by atoms with Crippen molar-refractivity contribution >= 4 is 16.9 Å². The molecule has 0 saturated heterocycles. The zero-order chi connectivity index (χ0) is 12.0. The number of para-hydroxylation sites is 1. The molecular weight excluding hydrogens is 216 g/mol. The summed E-state index contributed by atoms with van der Waals surface area (Å²) in [7, 11) is 0. The van der Waals surface area contributed by atoms with Gasteiger partial charge in [0.2, 0.25) is 0 Å². The van der Waals surface area contributed by atoms with E-state index in [4.69, 9.17) is 0 Å². The molecule has 0 amide bonds. The van der Waals surface area contributed by atoms with Crippen molar-refractivity contribution in [3.05, 3.63) is 35.8 Å². The summed E-state index contributed by atoms with van der Waals surface area (Å²) in [4.78, 5) is 20.1. The van der Waals surface area contributed by atoms with E-state index in [1.807, 2.05) is 24.3 Å². The molecule has 0 unspecified atom stereocenters. The Morgan fingerprint density at radius 1 is 1.29 bits per heavy atom. The molecule has 0 atom stereocenters. The second-order valence-corrected chi connectivity index (χ2v) is 4.52. The number of carboxylic acids is 1. The highest BCUT2D eigenvalue weighted by Gasteiger charge is 2.54. The van der Waals surface area contributed by atoms with Crippen molar-refractivity contribution in [3.8, 4) is 0 Å². The zero-order valence-corrected chi connectivity index (χ0v) is 9.47. The molecule has 1 aliphatic rings. The molecule has 4 nitrogen and oxygen atoms in total. The first-order valence-electron chi connectivity index (χ1n) is 5.61. The van der Waals surface area contributed by atoms with Crippen LogP contribution in [0.4, 0.5) is 0 Å². The van der Waals surface area contributed by atoms with Crippen LogP contribution >= 0.6 is 0 Å². The van der Waals surface area contributed by atoms with E-state index in [0.29, 0.717) is 24.4 Å². The molecule has 1 N–H and O–H groups in total. The highest BCUT2D eigenvalue weighted by Crippen LogP contribution is 2.49. The summed E-state index contributed by atoms with van der Waals surface area (Å²) in [5.74, 6) is -0.146. The fraction of sp³-hybridized carbons (Fsp3) is 0.308. The Balaban J connectivity index is 2.32. The van der Waals surface area contributed by atoms with Crippen molar-refractivity contribution in [2.75, 3.05) is 0 Å². The minimum absolute atomic E-state index is 0.631. The molecule has 0 radical (unpaired) electrons. The number of carbonyl (C=O) groups is 1. The third kappa shape index (κ3) is 1.40. The maximum atomic E-state index is 11.4. The van der Waals surface area contributed by atoms with Gasteiger partial charge >= 0.3 is 5.97 Å². The number of aromatic nitrogens is 2. The van der Waals surface area contributed by atoms with Gasteiger partial charge in [-0.1, -0.05) is 18.2 Å². The molecule has 1 aromatic carbocycles. The molecule has 1 aliphatic carbocycles. The van der Waals surface area contributed by atoms with Crippen LogP contribution in [0.5, 0.6) is 0 Å². The first-order valence-corrected chi connectivity index (χ1v) is 5.61. The number of hydrogen-bond acceptors (Lipinski definition) is 3. The molecule has 1 saturated carbocycles. The minimum Gasteiger partial charge on any atom is -0.481 e. The van der Waals surface area contributed by atoms with E-state index in [-0.39, 0.29) is 0 Å².